The summed E-state index contributed by atoms with van der Waals surface area (Å²) in [6.45, 7) is 2.47. The SMILES string of the molecule is Cc1cnc(NCCc2ccccc2)c(=O)n1CC(=O)NCc1cnc2nc(N)[nH]c2c1. The summed E-state index contributed by atoms with van der Waals surface area (Å²) in [5.74, 6) is 0.223. The molecule has 0 radical (unpaired) electrons. The number of carbonyl (C=O) groups excluding carboxylic acids is 1. The number of aromatic amines is 1. The quantitative estimate of drug-likeness (QED) is 0.329. The Bertz CT molecular complexity index is 1300. The molecule has 0 fully saturated rings. The zero-order valence-electron chi connectivity index (χ0n) is 17.6. The number of nitrogens with zero attached hydrogens (tertiary/aromatic N) is 4. The van der Waals surface area contributed by atoms with Gasteiger partial charge in [-0.05, 0) is 30.5 Å². The van der Waals surface area contributed by atoms with Crippen molar-refractivity contribution in [3.05, 3.63) is 76.0 Å². The molecule has 10 nitrogen and oxygen atoms in total. The van der Waals surface area contributed by atoms with Gasteiger partial charge in [0.2, 0.25) is 5.91 Å². The Morgan fingerprint density at radius 2 is 1.97 bits per heavy atom. The number of nitrogen functional groups attached to an aromatic ring is 1. The number of hydrogen-bond acceptors (Lipinski definition) is 7. The van der Waals surface area contributed by atoms with Crippen LogP contribution in [-0.4, -0.2) is 37.0 Å². The van der Waals surface area contributed by atoms with Crippen molar-refractivity contribution in [3.63, 3.8) is 0 Å². The molecule has 0 unspecified atom stereocenters. The summed E-state index contributed by atoms with van der Waals surface area (Å²) in [6, 6.07) is 11.8. The molecule has 1 aromatic carbocycles. The fourth-order valence-electron chi connectivity index (χ4n) is 3.32. The van der Waals surface area contributed by atoms with E-state index in [1.807, 2.05) is 36.4 Å². The molecule has 0 saturated carbocycles. The lowest BCUT2D eigenvalue weighted by Crippen LogP contribution is -2.34. The molecule has 1 amide bonds. The van der Waals surface area contributed by atoms with Crippen LogP contribution in [0.1, 0.15) is 16.8 Å². The van der Waals surface area contributed by atoms with E-state index >= 15 is 0 Å². The van der Waals surface area contributed by atoms with Crippen LogP contribution in [0.2, 0.25) is 0 Å². The minimum atomic E-state index is -0.329. The Kier molecular flexibility index (Phi) is 6.11. The number of rotatable bonds is 8. The number of aryl methyl sites for hydroxylation is 1. The largest absolute Gasteiger partial charge is 0.369 e. The fourth-order valence-corrected chi connectivity index (χ4v) is 3.32. The second-order valence-corrected chi connectivity index (χ2v) is 7.42. The summed E-state index contributed by atoms with van der Waals surface area (Å²) in [7, 11) is 0. The van der Waals surface area contributed by atoms with Crippen LogP contribution in [0, 0.1) is 6.92 Å². The van der Waals surface area contributed by atoms with Gasteiger partial charge in [0.1, 0.15) is 6.54 Å². The van der Waals surface area contributed by atoms with E-state index in [9.17, 15) is 9.59 Å². The number of aromatic nitrogens is 5. The molecule has 0 atom stereocenters. The summed E-state index contributed by atoms with van der Waals surface area (Å²) in [5.41, 5.74) is 9.07. The number of pyridine rings is 1. The number of fused-ring (bicyclic) bond motifs is 1. The van der Waals surface area contributed by atoms with Crippen molar-refractivity contribution in [2.24, 2.45) is 0 Å². The molecular formula is C22H24N8O2. The van der Waals surface area contributed by atoms with E-state index in [1.54, 1.807) is 19.3 Å². The predicted octanol–water partition coefficient (Wildman–Crippen LogP) is 1.38. The number of benzene rings is 1. The zero-order valence-corrected chi connectivity index (χ0v) is 17.6. The Hall–Kier alpha value is -4.21. The first-order valence-corrected chi connectivity index (χ1v) is 10.2. The second-order valence-electron chi connectivity index (χ2n) is 7.42. The van der Waals surface area contributed by atoms with Crippen LogP contribution in [0.15, 0.2) is 53.6 Å². The van der Waals surface area contributed by atoms with Gasteiger partial charge >= 0.3 is 0 Å². The maximum atomic E-state index is 12.8. The van der Waals surface area contributed by atoms with Gasteiger partial charge in [-0.25, -0.2) is 9.97 Å². The van der Waals surface area contributed by atoms with Crippen molar-refractivity contribution in [1.29, 1.82) is 0 Å². The van der Waals surface area contributed by atoms with Crippen molar-refractivity contribution in [3.8, 4) is 0 Å². The number of amides is 1. The van der Waals surface area contributed by atoms with Gasteiger partial charge in [0.25, 0.3) is 5.56 Å². The predicted molar refractivity (Wildman–Crippen MR) is 122 cm³/mol. The monoisotopic (exact) mass is 432 g/mol. The minimum absolute atomic E-state index is 0.104. The van der Waals surface area contributed by atoms with E-state index in [-0.39, 0.29) is 36.3 Å². The molecule has 5 N–H and O–H groups in total. The Morgan fingerprint density at radius 1 is 1.16 bits per heavy atom. The number of nitrogens with one attached hydrogen (secondary N) is 3. The van der Waals surface area contributed by atoms with E-state index in [0.717, 1.165) is 17.5 Å². The lowest BCUT2D eigenvalue weighted by Gasteiger charge is -2.12. The summed E-state index contributed by atoms with van der Waals surface area (Å²) in [5, 5.41) is 5.89. The molecular weight excluding hydrogens is 408 g/mol. The van der Waals surface area contributed by atoms with Gasteiger partial charge in [-0.3, -0.25) is 14.2 Å². The molecule has 3 aromatic heterocycles. The van der Waals surface area contributed by atoms with Crippen molar-refractivity contribution in [2.75, 3.05) is 17.6 Å². The zero-order chi connectivity index (χ0) is 22.5. The highest BCUT2D eigenvalue weighted by molar-refractivity contribution is 5.76. The summed E-state index contributed by atoms with van der Waals surface area (Å²) in [4.78, 5) is 40.7. The molecule has 0 aliphatic carbocycles. The van der Waals surface area contributed by atoms with Gasteiger partial charge in [0.15, 0.2) is 17.4 Å². The smallest absolute Gasteiger partial charge is 0.293 e. The van der Waals surface area contributed by atoms with Crippen molar-refractivity contribution < 1.29 is 4.79 Å². The third-order valence-corrected chi connectivity index (χ3v) is 5.01. The maximum absolute atomic E-state index is 12.8. The molecule has 4 rings (SSSR count). The molecule has 164 valence electrons. The van der Waals surface area contributed by atoms with Gasteiger partial charge < -0.3 is 21.4 Å². The standard InChI is InChI=1S/C22H24N8O2/c1-14-10-26-20(24-8-7-15-5-3-2-4-6-15)21(32)30(14)13-18(31)25-11-16-9-17-19(27-12-16)29-22(23)28-17/h2-6,9-10,12H,7-8,11,13H2,1H3,(H,24,26)(H,25,31)(H3,23,27,28,29). The molecule has 3 heterocycles. The van der Waals surface area contributed by atoms with Crippen LogP contribution in [0.5, 0.6) is 0 Å². The number of H-pyrrole nitrogens is 1. The Balaban J connectivity index is 1.37. The average molecular weight is 432 g/mol. The number of carbonyl (C=O) groups is 1. The normalized spacial score (nSPS) is 10.9. The molecule has 10 heteroatoms. The molecule has 32 heavy (non-hydrogen) atoms. The van der Waals surface area contributed by atoms with Gasteiger partial charge in [0.05, 0.1) is 5.52 Å². The van der Waals surface area contributed by atoms with Crippen molar-refractivity contribution in [1.82, 2.24) is 29.8 Å². The topological polar surface area (TPSA) is 144 Å². The molecule has 0 saturated heterocycles. The van der Waals surface area contributed by atoms with Gasteiger partial charge in [-0.2, -0.15) is 4.98 Å². The van der Waals surface area contributed by atoms with E-state index < -0.39 is 0 Å². The third-order valence-electron chi connectivity index (χ3n) is 5.01. The third kappa shape index (κ3) is 4.91. The van der Waals surface area contributed by atoms with Crippen LogP contribution in [0.4, 0.5) is 11.8 Å². The lowest BCUT2D eigenvalue weighted by atomic mass is 10.1. The number of imidazole rings is 1. The van der Waals surface area contributed by atoms with Gasteiger partial charge in [0, 0.05) is 31.2 Å². The second kappa shape index (κ2) is 9.29. The van der Waals surface area contributed by atoms with Crippen LogP contribution in [-0.2, 0) is 24.3 Å². The molecule has 0 spiro atoms. The van der Waals surface area contributed by atoms with Crippen molar-refractivity contribution >= 4 is 28.8 Å². The van der Waals surface area contributed by atoms with Crippen LogP contribution < -0.4 is 21.9 Å². The minimum Gasteiger partial charge on any atom is -0.369 e. The number of hydrogen-bond donors (Lipinski definition) is 4. The summed E-state index contributed by atoms with van der Waals surface area (Å²) < 4.78 is 1.41. The highest BCUT2D eigenvalue weighted by Crippen LogP contribution is 2.11. The Labute approximate surface area is 183 Å². The Morgan fingerprint density at radius 3 is 2.78 bits per heavy atom. The van der Waals surface area contributed by atoms with Crippen molar-refractivity contribution in [2.45, 2.75) is 26.4 Å². The van der Waals surface area contributed by atoms with Crippen LogP contribution in [0.3, 0.4) is 0 Å². The highest BCUT2D eigenvalue weighted by Gasteiger charge is 2.12. The number of anilines is 2. The molecule has 0 bridgehead atoms. The summed E-state index contributed by atoms with van der Waals surface area (Å²) in [6.07, 6.45) is 3.97. The first kappa shape index (κ1) is 21.0. The molecule has 0 aliphatic heterocycles. The highest BCUT2D eigenvalue weighted by atomic mass is 16.2. The average Bonchev–Trinajstić information content (AvgIpc) is 3.16. The van der Waals surface area contributed by atoms with E-state index in [1.165, 1.54) is 4.57 Å². The first-order valence-electron chi connectivity index (χ1n) is 10.2. The van der Waals surface area contributed by atoms with E-state index in [4.69, 9.17) is 5.73 Å². The van der Waals surface area contributed by atoms with E-state index in [0.29, 0.717) is 23.4 Å². The summed E-state index contributed by atoms with van der Waals surface area (Å²) >= 11 is 0. The van der Waals surface area contributed by atoms with E-state index in [2.05, 4.69) is 30.6 Å². The molecule has 4 aromatic rings. The first-order chi connectivity index (χ1) is 15.5. The lowest BCUT2D eigenvalue weighted by molar-refractivity contribution is -0.121. The van der Waals surface area contributed by atoms with Gasteiger partial charge in [-0.1, -0.05) is 30.3 Å². The molecule has 0 aliphatic rings. The van der Waals surface area contributed by atoms with Crippen LogP contribution in [0.25, 0.3) is 11.2 Å². The maximum Gasteiger partial charge on any atom is 0.293 e. The van der Waals surface area contributed by atoms with Crippen LogP contribution >= 0.6 is 0 Å². The van der Waals surface area contributed by atoms with Gasteiger partial charge in [-0.15, -0.1) is 0 Å². The fraction of sp³-hybridized carbons (Fsp3) is 0.227. The number of nitrogens with two attached hydrogens (primary N) is 1.